The Morgan fingerprint density at radius 3 is 2.40 bits per heavy atom. The van der Waals surface area contributed by atoms with Crippen molar-refractivity contribution in [3.8, 4) is 0 Å². The second-order valence-electron chi connectivity index (χ2n) is 5.21. The van der Waals surface area contributed by atoms with E-state index in [2.05, 4.69) is 26.6 Å². The third-order valence-corrected chi connectivity index (χ3v) is 3.31. The molecule has 20 heavy (non-hydrogen) atoms. The summed E-state index contributed by atoms with van der Waals surface area (Å²) in [5, 5.41) is 14.2. The predicted octanol–water partition coefficient (Wildman–Crippen LogP) is 2.89. The van der Waals surface area contributed by atoms with Crippen LogP contribution in [-0.4, -0.2) is 22.6 Å². The fourth-order valence-electron chi connectivity index (χ4n) is 1.62. The van der Waals surface area contributed by atoms with E-state index in [-0.39, 0.29) is 12.5 Å². The van der Waals surface area contributed by atoms with E-state index in [4.69, 9.17) is 5.11 Å². The van der Waals surface area contributed by atoms with Gasteiger partial charge in [0.05, 0.1) is 0 Å². The van der Waals surface area contributed by atoms with Crippen LogP contribution >= 0.6 is 15.9 Å². The van der Waals surface area contributed by atoms with E-state index < -0.39 is 11.5 Å². The number of carbonyl (C=O) groups is 2. The number of rotatable bonds is 6. The molecule has 0 atom stereocenters. The number of carboxylic acids is 1. The summed E-state index contributed by atoms with van der Waals surface area (Å²) < 4.78 is 0.987. The van der Waals surface area contributed by atoms with Crippen LogP contribution in [0.5, 0.6) is 0 Å². The zero-order valence-corrected chi connectivity index (χ0v) is 13.2. The molecule has 0 unspecified atom stereocenters. The summed E-state index contributed by atoms with van der Waals surface area (Å²) in [6.45, 7) is 4.03. The fourth-order valence-corrected chi connectivity index (χ4v) is 1.88. The van der Waals surface area contributed by atoms with Gasteiger partial charge in [0.2, 0.25) is 0 Å². The maximum absolute atomic E-state index is 11.8. The summed E-state index contributed by atoms with van der Waals surface area (Å²) in [7, 11) is 0. The molecule has 1 aromatic rings. The highest BCUT2D eigenvalue weighted by molar-refractivity contribution is 9.10. The lowest BCUT2D eigenvalue weighted by atomic mass is 9.99. The average Bonchev–Trinajstić information content (AvgIpc) is 2.35. The molecule has 0 aromatic heterocycles. The molecule has 3 N–H and O–H groups in total. The predicted molar refractivity (Wildman–Crippen MR) is 80.5 cm³/mol. The Labute approximate surface area is 126 Å². The molecule has 2 amide bonds. The number of aliphatic carboxylic acids is 1. The molecule has 0 saturated carbocycles. The van der Waals surface area contributed by atoms with Crippen LogP contribution < -0.4 is 10.6 Å². The molecule has 0 fully saturated rings. The van der Waals surface area contributed by atoms with E-state index >= 15 is 0 Å². The second-order valence-corrected chi connectivity index (χ2v) is 6.13. The van der Waals surface area contributed by atoms with Gasteiger partial charge in [0.1, 0.15) is 0 Å². The molecular formula is C14H19BrN2O3. The number of carboxylic acid groups (broad SMARTS) is 1. The number of amides is 2. The highest BCUT2D eigenvalue weighted by atomic mass is 79.9. The number of hydrogen-bond acceptors (Lipinski definition) is 2. The number of benzene rings is 1. The zero-order chi connectivity index (χ0) is 15.2. The lowest BCUT2D eigenvalue weighted by molar-refractivity contribution is -0.137. The minimum Gasteiger partial charge on any atom is -0.481 e. The summed E-state index contributed by atoms with van der Waals surface area (Å²) in [5.41, 5.74) is 0.439. The van der Waals surface area contributed by atoms with Crippen LogP contribution in [-0.2, 0) is 11.3 Å². The Hall–Kier alpha value is -1.56. The lowest BCUT2D eigenvalue weighted by Gasteiger charge is -2.25. The molecule has 0 aliphatic carbocycles. The summed E-state index contributed by atoms with van der Waals surface area (Å²) in [6, 6.07) is 7.35. The van der Waals surface area contributed by atoms with Gasteiger partial charge in [-0.1, -0.05) is 28.1 Å². The van der Waals surface area contributed by atoms with Gasteiger partial charge in [-0.3, -0.25) is 4.79 Å². The standard InChI is InChI=1S/C14H19BrN2O3/c1-14(2,8-7-12(18)19)17-13(20)16-9-10-3-5-11(15)6-4-10/h3-6H,7-9H2,1-2H3,(H,18,19)(H2,16,17,20). The Bertz CT molecular complexity index is 472. The molecule has 0 aliphatic rings. The maximum atomic E-state index is 11.8. The third kappa shape index (κ3) is 6.56. The first kappa shape index (κ1) is 16.5. The second kappa shape index (κ2) is 7.28. The van der Waals surface area contributed by atoms with Crippen LogP contribution in [0.1, 0.15) is 32.3 Å². The number of halogens is 1. The summed E-state index contributed by atoms with van der Waals surface area (Å²) in [4.78, 5) is 22.3. The molecule has 1 rings (SSSR count). The lowest BCUT2D eigenvalue weighted by Crippen LogP contribution is -2.48. The van der Waals surface area contributed by atoms with Crippen LogP contribution in [0.25, 0.3) is 0 Å². The van der Waals surface area contributed by atoms with Gasteiger partial charge >= 0.3 is 12.0 Å². The van der Waals surface area contributed by atoms with Crippen molar-refractivity contribution < 1.29 is 14.7 Å². The van der Waals surface area contributed by atoms with Crippen molar-refractivity contribution >= 4 is 27.9 Å². The molecule has 0 bridgehead atoms. The van der Waals surface area contributed by atoms with Gasteiger partial charge in [0, 0.05) is 23.0 Å². The monoisotopic (exact) mass is 342 g/mol. The van der Waals surface area contributed by atoms with Gasteiger partial charge in [-0.2, -0.15) is 0 Å². The van der Waals surface area contributed by atoms with Gasteiger partial charge in [0.25, 0.3) is 0 Å². The minimum absolute atomic E-state index is 0.0278. The van der Waals surface area contributed by atoms with Crippen LogP contribution in [0.2, 0.25) is 0 Å². The van der Waals surface area contributed by atoms with Crippen LogP contribution in [0.4, 0.5) is 4.79 Å². The molecule has 6 heteroatoms. The minimum atomic E-state index is -0.866. The van der Waals surface area contributed by atoms with E-state index in [0.717, 1.165) is 10.0 Å². The van der Waals surface area contributed by atoms with Crippen LogP contribution in [0.3, 0.4) is 0 Å². The van der Waals surface area contributed by atoms with Gasteiger partial charge in [0.15, 0.2) is 0 Å². The first-order valence-corrected chi connectivity index (χ1v) is 7.10. The van der Waals surface area contributed by atoms with Gasteiger partial charge in [-0.15, -0.1) is 0 Å². The van der Waals surface area contributed by atoms with Crippen LogP contribution in [0, 0.1) is 0 Å². The van der Waals surface area contributed by atoms with Crippen molar-refractivity contribution in [2.45, 2.75) is 38.8 Å². The van der Waals surface area contributed by atoms with E-state index in [9.17, 15) is 9.59 Å². The molecule has 0 saturated heterocycles. The van der Waals surface area contributed by atoms with Crippen molar-refractivity contribution in [3.05, 3.63) is 34.3 Å². The Morgan fingerprint density at radius 2 is 1.85 bits per heavy atom. The van der Waals surface area contributed by atoms with E-state index in [1.54, 1.807) is 13.8 Å². The number of nitrogens with one attached hydrogen (secondary N) is 2. The van der Waals surface area contributed by atoms with Crippen LogP contribution in [0.15, 0.2) is 28.7 Å². The molecule has 0 spiro atoms. The summed E-state index contributed by atoms with van der Waals surface area (Å²) in [6.07, 6.45) is 0.411. The average molecular weight is 343 g/mol. The van der Waals surface area contributed by atoms with E-state index in [1.165, 1.54) is 0 Å². The van der Waals surface area contributed by atoms with E-state index in [0.29, 0.717) is 13.0 Å². The Balaban J connectivity index is 2.39. The fraction of sp³-hybridized carbons (Fsp3) is 0.429. The molecule has 0 aliphatic heterocycles. The van der Waals surface area contributed by atoms with Crippen molar-refractivity contribution in [1.82, 2.24) is 10.6 Å². The SMILES string of the molecule is CC(C)(CCC(=O)O)NC(=O)NCc1ccc(Br)cc1. The topological polar surface area (TPSA) is 78.4 Å². The molecule has 5 nitrogen and oxygen atoms in total. The maximum Gasteiger partial charge on any atom is 0.315 e. The number of hydrogen-bond donors (Lipinski definition) is 3. The van der Waals surface area contributed by atoms with Gasteiger partial charge < -0.3 is 15.7 Å². The van der Waals surface area contributed by atoms with Gasteiger partial charge in [-0.05, 0) is 38.0 Å². The number of urea groups is 1. The highest BCUT2D eigenvalue weighted by Gasteiger charge is 2.21. The van der Waals surface area contributed by atoms with Crippen molar-refractivity contribution in [2.75, 3.05) is 0 Å². The largest absolute Gasteiger partial charge is 0.481 e. The number of carbonyl (C=O) groups excluding carboxylic acids is 1. The molecule has 0 radical (unpaired) electrons. The zero-order valence-electron chi connectivity index (χ0n) is 11.6. The summed E-state index contributed by atoms with van der Waals surface area (Å²) >= 11 is 3.35. The highest BCUT2D eigenvalue weighted by Crippen LogP contribution is 2.12. The van der Waals surface area contributed by atoms with Crippen molar-refractivity contribution in [1.29, 1.82) is 0 Å². The van der Waals surface area contributed by atoms with Gasteiger partial charge in [-0.25, -0.2) is 4.79 Å². The molecule has 0 heterocycles. The smallest absolute Gasteiger partial charge is 0.315 e. The Kier molecular flexibility index (Phi) is 6.01. The first-order chi connectivity index (χ1) is 9.28. The van der Waals surface area contributed by atoms with Crippen molar-refractivity contribution in [3.63, 3.8) is 0 Å². The normalized spacial score (nSPS) is 10.9. The molecular weight excluding hydrogens is 324 g/mol. The molecule has 1 aromatic carbocycles. The summed E-state index contributed by atoms with van der Waals surface area (Å²) in [5.74, 6) is -0.866. The third-order valence-electron chi connectivity index (χ3n) is 2.78. The Morgan fingerprint density at radius 1 is 1.25 bits per heavy atom. The molecule has 110 valence electrons. The first-order valence-electron chi connectivity index (χ1n) is 6.31. The van der Waals surface area contributed by atoms with E-state index in [1.807, 2.05) is 24.3 Å². The quantitative estimate of drug-likeness (QED) is 0.743. The van der Waals surface area contributed by atoms with Crippen molar-refractivity contribution in [2.24, 2.45) is 0 Å².